The van der Waals surface area contributed by atoms with E-state index in [0.717, 1.165) is 30.5 Å². The standard InChI is InChI=1S/C27H32N2O4/c1-4-18-33-22-13-8-12-21(19-22)25-24(23(30)15-14-20-10-6-5-7-11-20)26(31)27(32)29(25)17-9-16-28(2)3/h5-8,10-15,19,25,31H,4,9,16-18H2,1-3H3. The predicted molar refractivity (Wildman–Crippen MR) is 130 cm³/mol. The zero-order valence-electron chi connectivity index (χ0n) is 19.5. The van der Waals surface area contributed by atoms with Gasteiger partial charge in [-0.25, -0.2) is 0 Å². The molecule has 2 aromatic rings. The Kier molecular flexibility index (Phi) is 8.44. The summed E-state index contributed by atoms with van der Waals surface area (Å²) < 4.78 is 5.77. The van der Waals surface area contributed by atoms with Gasteiger partial charge < -0.3 is 19.6 Å². The van der Waals surface area contributed by atoms with E-state index in [4.69, 9.17) is 4.74 Å². The molecular weight excluding hydrogens is 416 g/mol. The number of rotatable bonds is 11. The first-order valence-electron chi connectivity index (χ1n) is 11.3. The van der Waals surface area contributed by atoms with Crippen molar-refractivity contribution in [3.8, 4) is 5.75 Å². The van der Waals surface area contributed by atoms with Crippen LogP contribution in [0.4, 0.5) is 0 Å². The van der Waals surface area contributed by atoms with Gasteiger partial charge in [-0.3, -0.25) is 9.59 Å². The van der Waals surface area contributed by atoms with Gasteiger partial charge in [-0.15, -0.1) is 0 Å². The molecule has 0 saturated carbocycles. The van der Waals surface area contributed by atoms with Crippen molar-refractivity contribution in [2.45, 2.75) is 25.8 Å². The average Bonchev–Trinajstić information content (AvgIpc) is 3.07. The maximum absolute atomic E-state index is 13.2. The molecule has 6 heteroatoms. The van der Waals surface area contributed by atoms with Crippen LogP contribution in [0.25, 0.3) is 6.08 Å². The van der Waals surface area contributed by atoms with Crippen molar-refractivity contribution in [3.63, 3.8) is 0 Å². The molecule has 0 fully saturated rings. The van der Waals surface area contributed by atoms with Gasteiger partial charge in [-0.1, -0.05) is 55.5 Å². The Morgan fingerprint density at radius 3 is 2.61 bits per heavy atom. The SMILES string of the molecule is CCCOc1cccc(C2C(C(=O)C=Cc3ccccc3)=C(O)C(=O)N2CCCN(C)C)c1. The van der Waals surface area contributed by atoms with Gasteiger partial charge >= 0.3 is 0 Å². The molecule has 0 radical (unpaired) electrons. The maximum atomic E-state index is 13.2. The quantitative estimate of drug-likeness (QED) is 0.516. The Bertz CT molecular complexity index is 1030. The number of carbonyl (C=O) groups is 2. The molecule has 1 heterocycles. The van der Waals surface area contributed by atoms with Crippen LogP contribution in [0.1, 0.15) is 36.9 Å². The number of hydrogen-bond donors (Lipinski definition) is 1. The maximum Gasteiger partial charge on any atom is 0.290 e. The number of benzene rings is 2. The highest BCUT2D eigenvalue weighted by Crippen LogP contribution is 2.39. The number of nitrogens with zero attached hydrogens (tertiary/aromatic N) is 2. The van der Waals surface area contributed by atoms with Crippen LogP contribution in [-0.4, -0.2) is 60.4 Å². The number of ether oxygens (including phenoxy) is 1. The second-order valence-corrected chi connectivity index (χ2v) is 8.35. The topological polar surface area (TPSA) is 70.1 Å². The molecule has 1 aliphatic heterocycles. The minimum atomic E-state index is -0.669. The van der Waals surface area contributed by atoms with E-state index in [2.05, 4.69) is 0 Å². The average molecular weight is 449 g/mol. The van der Waals surface area contributed by atoms with Gasteiger partial charge in [-0.05, 0) is 62.8 Å². The Labute approximate surface area is 195 Å². The monoisotopic (exact) mass is 448 g/mol. The van der Waals surface area contributed by atoms with Gasteiger partial charge in [0.2, 0.25) is 0 Å². The molecule has 2 aromatic carbocycles. The summed E-state index contributed by atoms with van der Waals surface area (Å²) in [7, 11) is 3.94. The van der Waals surface area contributed by atoms with Gasteiger partial charge in [0, 0.05) is 6.54 Å². The second-order valence-electron chi connectivity index (χ2n) is 8.35. The lowest BCUT2D eigenvalue weighted by atomic mass is 9.95. The molecule has 1 atom stereocenters. The summed E-state index contributed by atoms with van der Waals surface area (Å²) >= 11 is 0. The number of hydrogen-bond acceptors (Lipinski definition) is 5. The Balaban J connectivity index is 1.95. The fraction of sp³-hybridized carbons (Fsp3) is 0.333. The van der Waals surface area contributed by atoms with Crippen LogP contribution in [0, 0.1) is 0 Å². The molecule has 3 rings (SSSR count). The van der Waals surface area contributed by atoms with Crippen molar-refractivity contribution in [1.29, 1.82) is 0 Å². The highest BCUT2D eigenvalue weighted by molar-refractivity contribution is 6.14. The van der Waals surface area contributed by atoms with Crippen molar-refractivity contribution < 1.29 is 19.4 Å². The lowest BCUT2D eigenvalue weighted by Gasteiger charge is -2.27. The van der Waals surface area contributed by atoms with Gasteiger partial charge in [0.25, 0.3) is 5.91 Å². The van der Waals surface area contributed by atoms with Crippen molar-refractivity contribution in [1.82, 2.24) is 9.80 Å². The minimum absolute atomic E-state index is 0.102. The van der Waals surface area contributed by atoms with Crippen LogP contribution in [0.15, 0.2) is 72.0 Å². The van der Waals surface area contributed by atoms with E-state index in [1.807, 2.05) is 80.5 Å². The fourth-order valence-electron chi connectivity index (χ4n) is 3.86. The smallest absolute Gasteiger partial charge is 0.290 e. The van der Waals surface area contributed by atoms with Crippen LogP contribution in [-0.2, 0) is 9.59 Å². The molecule has 0 aliphatic carbocycles. The molecule has 1 aliphatic rings. The molecular formula is C27H32N2O4. The first-order chi connectivity index (χ1) is 15.9. The van der Waals surface area contributed by atoms with Crippen LogP contribution in [0.3, 0.4) is 0 Å². The van der Waals surface area contributed by atoms with Crippen LogP contribution >= 0.6 is 0 Å². The lowest BCUT2D eigenvalue weighted by molar-refractivity contribution is -0.129. The van der Waals surface area contributed by atoms with E-state index in [1.54, 1.807) is 11.0 Å². The number of ketones is 1. The summed E-state index contributed by atoms with van der Waals surface area (Å²) in [5.74, 6) is -0.708. The molecule has 6 nitrogen and oxygen atoms in total. The van der Waals surface area contributed by atoms with Crippen molar-refractivity contribution in [3.05, 3.63) is 83.1 Å². The Morgan fingerprint density at radius 2 is 1.91 bits per heavy atom. The summed E-state index contributed by atoms with van der Waals surface area (Å²) in [4.78, 5) is 29.9. The number of carbonyl (C=O) groups excluding carboxylic acids is 2. The molecule has 0 spiro atoms. The van der Waals surface area contributed by atoms with Crippen LogP contribution in [0.5, 0.6) is 5.75 Å². The number of aliphatic hydroxyl groups is 1. The van der Waals surface area contributed by atoms with Crippen molar-refractivity contribution >= 4 is 17.8 Å². The van der Waals surface area contributed by atoms with E-state index in [1.165, 1.54) is 6.08 Å². The molecule has 0 saturated heterocycles. The first kappa shape index (κ1) is 24.3. The molecule has 174 valence electrons. The fourth-order valence-corrected chi connectivity index (χ4v) is 3.86. The number of amides is 1. The van der Waals surface area contributed by atoms with E-state index in [9.17, 15) is 14.7 Å². The van der Waals surface area contributed by atoms with Crippen molar-refractivity contribution in [2.75, 3.05) is 33.8 Å². The summed E-state index contributed by atoms with van der Waals surface area (Å²) in [6.45, 7) is 3.81. The molecule has 1 amide bonds. The zero-order chi connectivity index (χ0) is 23.8. The third kappa shape index (κ3) is 6.11. The third-order valence-corrected chi connectivity index (χ3v) is 5.45. The Hall–Kier alpha value is -3.38. The molecule has 0 bridgehead atoms. The molecule has 33 heavy (non-hydrogen) atoms. The summed E-state index contributed by atoms with van der Waals surface area (Å²) in [5, 5.41) is 10.7. The van der Waals surface area contributed by atoms with Crippen LogP contribution in [0.2, 0.25) is 0 Å². The zero-order valence-corrected chi connectivity index (χ0v) is 19.5. The van der Waals surface area contributed by atoms with Gasteiger partial charge in [0.15, 0.2) is 11.5 Å². The Morgan fingerprint density at radius 1 is 1.15 bits per heavy atom. The number of allylic oxidation sites excluding steroid dienone is 1. The molecule has 1 unspecified atom stereocenters. The van der Waals surface area contributed by atoms with Crippen LogP contribution < -0.4 is 4.74 Å². The number of aliphatic hydroxyl groups excluding tert-OH is 1. The first-order valence-corrected chi connectivity index (χ1v) is 11.3. The summed E-state index contributed by atoms with van der Waals surface area (Å²) in [5.41, 5.74) is 1.71. The molecule has 1 N–H and O–H groups in total. The predicted octanol–water partition coefficient (Wildman–Crippen LogP) is 4.41. The lowest BCUT2D eigenvalue weighted by Crippen LogP contribution is -2.33. The highest BCUT2D eigenvalue weighted by atomic mass is 16.5. The normalized spacial score (nSPS) is 16.3. The molecule has 0 aromatic heterocycles. The van der Waals surface area contributed by atoms with Gasteiger partial charge in [0.05, 0.1) is 18.2 Å². The van der Waals surface area contributed by atoms with E-state index in [-0.39, 0.29) is 11.4 Å². The van der Waals surface area contributed by atoms with E-state index < -0.39 is 17.7 Å². The van der Waals surface area contributed by atoms with Gasteiger partial charge in [0.1, 0.15) is 5.75 Å². The van der Waals surface area contributed by atoms with E-state index >= 15 is 0 Å². The highest BCUT2D eigenvalue weighted by Gasteiger charge is 2.42. The largest absolute Gasteiger partial charge is 0.503 e. The third-order valence-electron chi connectivity index (χ3n) is 5.45. The summed E-state index contributed by atoms with van der Waals surface area (Å²) in [6, 6.07) is 16.2. The van der Waals surface area contributed by atoms with E-state index in [0.29, 0.717) is 18.9 Å². The second kappa shape index (κ2) is 11.5. The van der Waals surface area contributed by atoms with Gasteiger partial charge in [-0.2, -0.15) is 0 Å². The van der Waals surface area contributed by atoms with Crippen molar-refractivity contribution in [2.24, 2.45) is 0 Å². The summed E-state index contributed by atoms with van der Waals surface area (Å²) in [6.07, 6.45) is 4.70. The minimum Gasteiger partial charge on any atom is -0.503 e.